The smallest absolute Gasteiger partial charge is 0.143 e. The molecule has 1 aliphatic rings. The molecule has 2 heteroatoms. The number of fused-ring (bicyclic) bond motifs is 12. The second-order valence-corrected chi connectivity index (χ2v) is 19.2. The number of benzene rings is 12. The maximum absolute atomic E-state index is 6.57. The summed E-state index contributed by atoms with van der Waals surface area (Å²) in [4.78, 5) is 2.42. The van der Waals surface area contributed by atoms with E-state index in [0.29, 0.717) is 0 Å². The Morgan fingerprint density at radius 2 is 0.736 bits per heavy atom. The first-order valence-corrected chi connectivity index (χ1v) is 25.0. The lowest BCUT2D eigenvalue weighted by atomic mass is 9.84. The Morgan fingerprint density at radius 1 is 0.264 bits per heavy atom. The van der Waals surface area contributed by atoms with Crippen molar-refractivity contribution in [2.45, 2.75) is 12.8 Å². The normalized spacial score (nSPS) is 12.1. The van der Waals surface area contributed by atoms with E-state index in [2.05, 4.69) is 266 Å². The first-order chi connectivity index (χ1) is 35.7. The van der Waals surface area contributed by atoms with Gasteiger partial charge in [0, 0.05) is 33.4 Å². The van der Waals surface area contributed by atoms with Crippen molar-refractivity contribution >= 4 is 60.5 Å². The van der Waals surface area contributed by atoms with Crippen LogP contribution in [0.3, 0.4) is 0 Å². The molecule has 1 heterocycles. The standard InChI is InChI=1S/C70H47NO/c1-2-13-48(14-3-1)65-23-12-24-66-68-45-52(33-40-69(68)72-70(65)66)47-31-36-58(37-32-47)71(57-34-29-46(30-35-57)51-28-27-50-26-25-49-15-4-8-19-60(49)67(50)44-51)59-38-39-64-56(43-59)42-55-18-7-10-21-62(55)61-20-9-5-16-53(61)41-54-17-6-11-22-63(54)64/h1-40,43-45H,41-42H2. The minimum Gasteiger partial charge on any atom is -0.455 e. The van der Waals surface area contributed by atoms with Crippen LogP contribution < -0.4 is 4.90 Å². The molecule has 0 N–H and O–H groups in total. The van der Waals surface area contributed by atoms with Gasteiger partial charge in [0.1, 0.15) is 11.2 Å². The van der Waals surface area contributed by atoms with Gasteiger partial charge in [-0.1, -0.05) is 206 Å². The summed E-state index contributed by atoms with van der Waals surface area (Å²) in [6.45, 7) is 0. The Labute approximate surface area is 419 Å². The average Bonchev–Trinajstić information content (AvgIpc) is 3.83. The van der Waals surface area contributed by atoms with Crippen molar-refractivity contribution in [3.05, 3.63) is 283 Å². The number of hydrogen-bond acceptors (Lipinski definition) is 2. The third-order valence-corrected chi connectivity index (χ3v) is 15.0. The first-order valence-electron chi connectivity index (χ1n) is 25.0. The fourth-order valence-corrected chi connectivity index (χ4v) is 11.4. The van der Waals surface area contributed by atoms with E-state index in [1.165, 1.54) is 77.2 Å². The molecule has 0 saturated carbocycles. The molecule has 0 unspecified atom stereocenters. The van der Waals surface area contributed by atoms with Crippen molar-refractivity contribution in [2.75, 3.05) is 4.90 Å². The van der Waals surface area contributed by atoms with Crippen LogP contribution in [-0.4, -0.2) is 0 Å². The van der Waals surface area contributed by atoms with Gasteiger partial charge < -0.3 is 9.32 Å². The summed E-state index contributed by atoms with van der Waals surface area (Å²) < 4.78 is 6.57. The summed E-state index contributed by atoms with van der Waals surface area (Å²) in [5.41, 5.74) is 22.5. The molecule has 13 aromatic rings. The summed E-state index contributed by atoms with van der Waals surface area (Å²) in [6, 6.07) is 95.7. The Kier molecular flexibility index (Phi) is 10.0. The van der Waals surface area contributed by atoms with Gasteiger partial charge >= 0.3 is 0 Å². The van der Waals surface area contributed by atoms with Crippen LogP contribution in [0.2, 0.25) is 0 Å². The molecular weight excluding hydrogens is 871 g/mol. The third kappa shape index (κ3) is 7.27. The molecule has 338 valence electrons. The molecule has 0 amide bonds. The van der Waals surface area contributed by atoms with Crippen LogP contribution in [0.25, 0.3) is 99.1 Å². The molecule has 0 radical (unpaired) electrons. The van der Waals surface area contributed by atoms with E-state index in [0.717, 1.165) is 74.1 Å². The van der Waals surface area contributed by atoms with Crippen molar-refractivity contribution in [1.29, 1.82) is 0 Å². The molecular formula is C70H47NO. The predicted molar refractivity (Wildman–Crippen MR) is 303 cm³/mol. The van der Waals surface area contributed by atoms with Crippen LogP contribution in [0.5, 0.6) is 0 Å². The zero-order chi connectivity index (χ0) is 47.5. The summed E-state index contributed by atoms with van der Waals surface area (Å²) in [5, 5.41) is 7.29. The molecule has 0 spiro atoms. The molecule has 1 aliphatic carbocycles. The molecule has 0 atom stereocenters. The minimum atomic E-state index is 0.794. The van der Waals surface area contributed by atoms with Crippen LogP contribution in [0.4, 0.5) is 17.1 Å². The van der Waals surface area contributed by atoms with E-state index in [9.17, 15) is 0 Å². The summed E-state index contributed by atoms with van der Waals surface area (Å²) in [7, 11) is 0. The highest BCUT2D eigenvalue weighted by atomic mass is 16.3. The van der Waals surface area contributed by atoms with Gasteiger partial charge in [-0.15, -0.1) is 0 Å². The highest BCUT2D eigenvalue weighted by Crippen LogP contribution is 2.44. The van der Waals surface area contributed by atoms with Gasteiger partial charge in [-0.25, -0.2) is 0 Å². The quantitative estimate of drug-likeness (QED) is 0.155. The Balaban J connectivity index is 0.891. The van der Waals surface area contributed by atoms with Gasteiger partial charge in [0.2, 0.25) is 0 Å². The predicted octanol–water partition coefficient (Wildman–Crippen LogP) is 19.2. The lowest BCUT2D eigenvalue weighted by molar-refractivity contribution is 0.670. The molecule has 14 rings (SSSR count). The molecule has 2 nitrogen and oxygen atoms in total. The van der Waals surface area contributed by atoms with E-state index in [1.807, 2.05) is 0 Å². The van der Waals surface area contributed by atoms with Gasteiger partial charge in [0.15, 0.2) is 0 Å². The van der Waals surface area contributed by atoms with E-state index < -0.39 is 0 Å². The zero-order valence-corrected chi connectivity index (χ0v) is 39.6. The van der Waals surface area contributed by atoms with Crippen molar-refractivity contribution < 1.29 is 4.42 Å². The molecule has 72 heavy (non-hydrogen) atoms. The SMILES string of the molecule is c1ccc(-c2cccc3c2oc2ccc(-c4ccc(N(c5ccc(-c6ccc7ccc8ccccc8c7c6)cc5)c5ccc6c(c5)Cc5ccccc5-c5ccccc5Cc5ccccc5-6)cc4)cc23)cc1. The van der Waals surface area contributed by atoms with Crippen molar-refractivity contribution in [3.63, 3.8) is 0 Å². The van der Waals surface area contributed by atoms with Crippen LogP contribution in [0, 0.1) is 0 Å². The Morgan fingerprint density at radius 3 is 1.40 bits per heavy atom. The van der Waals surface area contributed by atoms with Crippen molar-refractivity contribution in [1.82, 2.24) is 0 Å². The zero-order valence-electron chi connectivity index (χ0n) is 39.6. The number of nitrogens with zero attached hydrogens (tertiary/aromatic N) is 1. The van der Waals surface area contributed by atoms with Gasteiger partial charge in [-0.3, -0.25) is 0 Å². The van der Waals surface area contributed by atoms with Gasteiger partial charge in [-0.05, 0) is 161 Å². The largest absolute Gasteiger partial charge is 0.455 e. The molecule has 0 bridgehead atoms. The van der Waals surface area contributed by atoms with E-state index in [4.69, 9.17) is 4.42 Å². The maximum atomic E-state index is 6.57. The van der Waals surface area contributed by atoms with Gasteiger partial charge in [0.05, 0.1) is 0 Å². The molecule has 0 aliphatic heterocycles. The van der Waals surface area contributed by atoms with Crippen molar-refractivity contribution in [2.24, 2.45) is 0 Å². The summed E-state index contributed by atoms with van der Waals surface area (Å²) in [6.07, 6.45) is 1.65. The summed E-state index contributed by atoms with van der Waals surface area (Å²) in [5.74, 6) is 0. The van der Waals surface area contributed by atoms with Crippen LogP contribution in [0.15, 0.2) is 265 Å². The van der Waals surface area contributed by atoms with E-state index in [1.54, 1.807) is 0 Å². The lowest BCUT2D eigenvalue weighted by Crippen LogP contribution is -2.11. The fraction of sp³-hybridized carbons (Fsp3) is 0.0286. The molecule has 1 aromatic heterocycles. The second-order valence-electron chi connectivity index (χ2n) is 19.2. The maximum Gasteiger partial charge on any atom is 0.143 e. The average molecular weight is 918 g/mol. The number of hydrogen-bond donors (Lipinski definition) is 0. The van der Waals surface area contributed by atoms with Gasteiger partial charge in [0.25, 0.3) is 0 Å². The van der Waals surface area contributed by atoms with Crippen molar-refractivity contribution in [3.8, 4) is 55.6 Å². The van der Waals surface area contributed by atoms with Crippen LogP contribution >= 0.6 is 0 Å². The fourth-order valence-electron chi connectivity index (χ4n) is 11.4. The minimum absolute atomic E-state index is 0.794. The number of anilines is 3. The second kappa shape index (κ2) is 17.3. The lowest BCUT2D eigenvalue weighted by Gasteiger charge is -2.28. The van der Waals surface area contributed by atoms with E-state index >= 15 is 0 Å². The molecule has 12 aromatic carbocycles. The third-order valence-electron chi connectivity index (χ3n) is 15.0. The number of rotatable bonds is 6. The number of furan rings is 1. The summed E-state index contributed by atoms with van der Waals surface area (Å²) >= 11 is 0. The highest BCUT2D eigenvalue weighted by molar-refractivity contribution is 6.11. The Hall–Kier alpha value is -9.24. The highest BCUT2D eigenvalue weighted by Gasteiger charge is 2.21. The van der Waals surface area contributed by atoms with Crippen LogP contribution in [-0.2, 0) is 12.8 Å². The van der Waals surface area contributed by atoms with E-state index in [-0.39, 0.29) is 0 Å². The monoisotopic (exact) mass is 917 g/mol. The van der Waals surface area contributed by atoms with Crippen LogP contribution in [0.1, 0.15) is 22.3 Å². The molecule has 0 saturated heterocycles. The Bertz CT molecular complexity index is 4200. The van der Waals surface area contributed by atoms with Gasteiger partial charge in [-0.2, -0.15) is 0 Å². The number of para-hydroxylation sites is 1. The topological polar surface area (TPSA) is 16.4 Å². The first kappa shape index (κ1) is 41.7. The molecule has 0 fully saturated rings.